The summed E-state index contributed by atoms with van der Waals surface area (Å²) >= 11 is 0. The minimum Gasteiger partial charge on any atom is -0.369 e. The predicted octanol–water partition coefficient (Wildman–Crippen LogP) is 0.603. The van der Waals surface area contributed by atoms with Gasteiger partial charge in [-0.15, -0.1) is 0 Å². The third kappa shape index (κ3) is 2.59. The summed E-state index contributed by atoms with van der Waals surface area (Å²) in [6.07, 6.45) is 4.46. The van der Waals surface area contributed by atoms with Gasteiger partial charge in [0.1, 0.15) is 5.82 Å². The number of likely N-dealkylation sites (tertiary alicyclic amines) is 1. The van der Waals surface area contributed by atoms with E-state index in [0.717, 1.165) is 19.4 Å². The monoisotopic (exact) mass is 274 g/mol. The number of amides is 2. The molecule has 6 heteroatoms. The quantitative estimate of drug-likeness (QED) is 0.823. The first-order valence-electron chi connectivity index (χ1n) is 6.93. The maximum Gasteiger partial charge on any atom is 0.252 e. The number of carbonyl (C=O) groups is 2. The number of hydrogen-bond donors (Lipinski definition) is 2. The fourth-order valence-electron chi connectivity index (χ4n) is 2.67. The summed E-state index contributed by atoms with van der Waals surface area (Å²) < 4.78 is 0. The Kier molecular flexibility index (Phi) is 3.30. The molecule has 0 aromatic carbocycles. The van der Waals surface area contributed by atoms with Gasteiger partial charge in [0.05, 0.1) is 5.56 Å². The van der Waals surface area contributed by atoms with Crippen LogP contribution in [0.2, 0.25) is 0 Å². The van der Waals surface area contributed by atoms with Gasteiger partial charge in [-0.1, -0.05) is 0 Å². The smallest absolute Gasteiger partial charge is 0.252 e. The van der Waals surface area contributed by atoms with Crippen molar-refractivity contribution in [1.29, 1.82) is 0 Å². The first kappa shape index (κ1) is 12.9. The number of primary amides is 1. The highest BCUT2D eigenvalue weighted by Gasteiger charge is 2.39. The van der Waals surface area contributed by atoms with Crippen LogP contribution in [0.1, 0.15) is 29.6 Å². The molecule has 2 aliphatic rings. The molecule has 1 aromatic rings. The van der Waals surface area contributed by atoms with Crippen molar-refractivity contribution >= 4 is 17.6 Å². The van der Waals surface area contributed by atoms with Gasteiger partial charge in [-0.3, -0.25) is 9.59 Å². The Labute approximate surface area is 117 Å². The largest absolute Gasteiger partial charge is 0.369 e. The molecule has 1 atom stereocenters. The number of nitrogens with zero attached hydrogens (tertiary/aromatic N) is 2. The lowest BCUT2D eigenvalue weighted by atomic mass is 10.1. The summed E-state index contributed by atoms with van der Waals surface area (Å²) in [5.41, 5.74) is 5.69. The normalized spacial score (nSPS) is 22.1. The number of nitrogens with one attached hydrogen (secondary N) is 1. The molecule has 2 fully saturated rings. The van der Waals surface area contributed by atoms with Crippen LogP contribution < -0.4 is 11.1 Å². The van der Waals surface area contributed by atoms with E-state index < -0.39 is 5.91 Å². The summed E-state index contributed by atoms with van der Waals surface area (Å²) in [6.45, 7) is 1.43. The van der Waals surface area contributed by atoms with Crippen LogP contribution in [0.25, 0.3) is 0 Å². The van der Waals surface area contributed by atoms with Gasteiger partial charge in [-0.2, -0.15) is 0 Å². The Morgan fingerprint density at radius 1 is 1.50 bits per heavy atom. The molecule has 3 N–H and O–H groups in total. The number of nitrogens with two attached hydrogens (primary N) is 1. The summed E-state index contributed by atoms with van der Waals surface area (Å²) in [4.78, 5) is 29.3. The van der Waals surface area contributed by atoms with Gasteiger partial charge in [-0.25, -0.2) is 4.98 Å². The van der Waals surface area contributed by atoms with Crippen molar-refractivity contribution in [2.75, 3.05) is 18.4 Å². The average molecular weight is 274 g/mol. The Morgan fingerprint density at radius 3 is 3.00 bits per heavy atom. The molecule has 2 amide bonds. The second-order valence-electron chi connectivity index (χ2n) is 5.49. The average Bonchev–Trinajstić information content (AvgIpc) is 3.20. The van der Waals surface area contributed by atoms with E-state index in [1.54, 1.807) is 18.3 Å². The Hall–Kier alpha value is -2.11. The Balaban J connectivity index is 1.60. The lowest BCUT2D eigenvalue weighted by molar-refractivity contribution is -0.128. The van der Waals surface area contributed by atoms with E-state index in [1.807, 2.05) is 4.90 Å². The molecule has 20 heavy (non-hydrogen) atoms. The van der Waals surface area contributed by atoms with E-state index in [2.05, 4.69) is 10.3 Å². The van der Waals surface area contributed by atoms with E-state index in [0.29, 0.717) is 30.4 Å². The van der Waals surface area contributed by atoms with Gasteiger partial charge in [0.25, 0.3) is 5.91 Å². The zero-order chi connectivity index (χ0) is 14.1. The van der Waals surface area contributed by atoms with E-state index in [4.69, 9.17) is 5.73 Å². The van der Waals surface area contributed by atoms with Crippen molar-refractivity contribution in [3.8, 4) is 0 Å². The van der Waals surface area contributed by atoms with Gasteiger partial charge in [-0.05, 0) is 25.0 Å². The number of pyridine rings is 1. The fourth-order valence-corrected chi connectivity index (χ4v) is 2.67. The minimum atomic E-state index is -0.497. The second-order valence-corrected chi connectivity index (χ2v) is 5.49. The van der Waals surface area contributed by atoms with E-state index in [-0.39, 0.29) is 11.8 Å². The third-order valence-corrected chi connectivity index (χ3v) is 3.86. The molecule has 0 spiro atoms. The van der Waals surface area contributed by atoms with Gasteiger partial charge < -0.3 is 16.0 Å². The predicted molar refractivity (Wildman–Crippen MR) is 74.1 cm³/mol. The molecule has 1 aliphatic heterocycles. The van der Waals surface area contributed by atoms with Crippen molar-refractivity contribution in [2.24, 2.45) is 11.7 Å². The Bertz CT molecular complexity index is 542. The van der Waals surface area contributed by atoms with E-state index in [9.17, 15) is 9.59 Å². The van der Waals surface area contributed by atoms with Crippen molar-refractivity contribution < 1.29 is 9.59 Å². The van der Waals surface area contributed by atoms with Crippen molar-refractivity contribution in [3.63, 3.8) is 0 Å². The number of carbonyl (C=O) groups excluding carboxylic acids is 2. The number of hydrogen-bond acceptors (Lipinski definition) is 4. The highest BCUT2D eigenvalue weighted by molar-refractivity contribution is 5.97. The first-order chi connectivity index (χ1) is 9.65. The summed E-state index contributed by atoms with van der Waals surface area (Å²) in [7, 11) is 0. The molecule has 1 aliphatic carbocycles. The zero-order valence-electron chi connectivity index (χ0n) is 11.2. The highest BCUT2D eigenvalue weighted by atomic mass is 16.2. The second kappa shape index (κ2) is 5.11. The number of aromatic nitrogens is 1. The highest BCUT2D eigenvalue weighted by Crippen LogP contribution is 2.32. The Morgan fingerprint density at radius 2 is 2.30 bits per heavy atom. The number of rotatable bonds is 5. The lowest BCUT2D eigenvalue weighted by Gasteiger charge is -2.16. The molecule has 1 saturated carbocycles. The van der Waals surface area contributed by atoms with Crippen LogP contribution in [0.4, 0.5) is 5.82 Å². The summed E-state index contributed by atoms with van der Waals surface area (Å²) in [5.74, 6) is 0.515. The van der Waals surface area contributed by atoms with Crippen LogP contribution in [0, 0.1) is 5.92 Å². The summed E-state index contributed by atoms with van der Waals surface area (Å²) in [6, 6.07) is 3.80. The van der Waals surface area contributed by atoms with Crippen LogP contribution in [-0.2, 0) is 4.79 Å². The van der Waals surface area contributed by atoms with Gasteiger partial charge >= 0.3 is 0 Å². The van der Waals surface area contributed by atoms with Crippen molar-refractivity contribution in [1.82, 2.24) is 9.88 Å². The molecule has 1 saturated heterocycles. The SMILES string of the molecule is NC(=O)c1cccnc1NC[C@@H]1CC(=O)N(C2CC2)C1. The van der Waals surface area contributed by atoms with Gasteiger partial charge in [0, 0.05) is 37.7 Å². The molecule has 106 valence electrons. The minimum absolute atomic E-state index is 0.246. The molecular weight excluding hydrogens is 256 g/mol. The lowest BCUT2D eigenvalue weighted by Crippen LogP contribution is -2.28. The molecular formula is C14H18N4O2. The molecule has 2 heterocycles. The first-order valence-corrected chi connectivity index (χ1v) is 6.93. The van der Waals surface area contributed by atoms with Gasteiger partial charge in [0.2, 0.25) is 5.91 Å². The van der Waals surface area contributed by atoms with Crippen LogP contribution >= 0.6 is 0 Å². The summed E-state index contributed by atoms with van der Waals surface area (Å²) in [5, 5.41) is 3.15. The third-order valence-electron chi connectivity index (χ3n) is 3.86. The maximum atomic E-state index is 11.9. The molecule has 3 rings (SSSR count). The molecule has 1 aromatic heterocycles. The maximum absolute atomic E-state index is 11.9. The molecule has 0 unspecified atom stereocenters. The van der Waals surface area contributed by atoms with Crippen molar-refractivity contribution in [3.05, 3.63) is 23.9 Å². The van der Waals surface area contributed by atoms with Crippen molar-refractivity contribution in [2.45, 2.75) is 25.3 Å². The molecule has 6 nitrogen and oxygen atoms in total. The van der Waals surface area contributed by atoms with Crippen LogP contribution in [0.5, 0.6) is 0 Å². The van der Waals surface area contributed by atoms with E-state index in [1.165, 1.54) is 0 Å². The zero-order valence-corrected chi connectivity index (χ0v) is 11.2. The van der Waals surface area contributed by atoms with Gasteiger partial charge in [0.15, 0.2) is 0 Å². The standard InChI is InChI=1S/C14H18N4O2/c15-13(20)11-2-1-5-16-14(11)17-7-9-6-12(19)18(8-9)10-3-4-10/h1-2,5,9-10H,3-4,6-8H2,(H2,15,20)(H,16,17)/t9-/m0/s1. The van der Waals surface area contributed by atoms with Crippen LogP contribution in [-0.4, -0.2) is 40.8 Å². The topological polar surface area (TPSA) is 88.3 Å². The van der Waals surface area contributed by atoms with E-state index >= 15 is 0 Å². The fraction of sp³-hybridized carbons (Fsp3) is 0.500. The number of anilines is 1. The van der Waals surface area contributed by atoms with Crippen LogP contribution in [0.3, 0.4) is 0 Å². The molecule has 0 radical (unpaired) electrons. The molecule has 0 bridgehead atoms. The van der Waals surface area contributed by atoms with Crippen LogP contribution in [0.15, 0.2) is 18.3 Å².